The smallest absolute Gasteiger partial charge is 0.416 e. The Labute approximate surface area is 172 Å². The molecule has 0 fully saturated rings. The molecule has 4 rings (SSSR count). The van der Waals surface area contributed by atoms with E-state index in [-0.39, 0.29) is 22.5 Å². The number of benzene rings is 1. The highest BCUT2D eigenvalue weighted by atomic mass is 19.4. The van der Waals surface area contributed by atoms with E-state index in [0.29, 0.717) is 10.9 Å². The molecule has 31 heavy (non-hydrogen) atoms. The van der Waals surface area contributed by atoms with Crippen LogP contribution in [0.4, 0.5) is 13.2 Å². The summed E-state index contributed by atoms with van der Waals surface area (Å²) in [6.07, 6.45) is 3.63. The minimum absolute atomic E-state index is 0.0360. The number of aromatic nitrogens is 7. The quantitative estimate of drug-likeness (QED) is 0.363. The molecule has 1 aromatic carbocycles. The van der Waals surface area contributed by atoms with Gasteiger partial charge in [0.1, 0.15) is 12.7 Å². The maximum atomic E-state index is 13.4. The zero-order chi connectivity index (χ0) is 22.2. The lowest BCUT2D eigenvalue weighted by Crippen LogP contribution is -2.06. The van der Waals surface area contributed by atoms with Gasteiger partial charge in [-0.25, -0.2) is 24.4 Å². The molecule has 0 atom stereocenters. The Bertz CT molecular complexity index is 1290. The van der Waals surface area contributed by atoms with E-state index in [1.807, 2.05) is 0 Å². The van der Waals surface area contributed by atoms with Crippen LogP contribution in [0.3, 0.4) is 0 Å². The van der Waals surface area contributed by atoms with Crippen molar-refractivity contribution < 1.29 is 22.7 Å². The number of alkyl halides is 3. The predicted octanol–water partition coefficient (Wildman–Crippen LogP) is 2.81. The second-order valence-corrected chi connectivity index (χ2v) is 6.43. The van der Waals surface area contributed by atoms with Gasteiger partial charge in [-0.2, -0.15) is 18.3 Å². The predicted molar refractivity (Wildman–Crippen MR) is 103 cm³/mol. The van der Waals surface area contributed by atoms with Crippen LogP contribution in [0.1, 0.15) is 11.1 Å². The second kappa shape index (κ2) is 7.63. The summed E-state index contributed by atoms with van der Waals surface area (Å²) in [5.41, 5.74) is 0.0681. The van der Waals surface area contributed by atoms with Gasteiger partial charge < -0.3 is 4.74 Å². The highest BCUT2D eigenvalue weighted by Crippen LogP contribution is 2.36. The molecule has 0 spiro atoms. The summed E-state index contributed by atoms with van der Waals surface area (Å²) in [5, 5.41) is 8.72. The van der Waals surface area contributed by atoms with Gasteiger partial charge in [0.15, 0.2) is 5.82 Å². The van der Waals surface area contributed by atoms with Crippen molar-refractivity contribution in [1.82, 2.24) is 34.5 Å². The van der Waals surface area contributed by atoms with Gasteiger partial charge in [-0.05, 0) is 12.1 Å². The fraction of sp³-hybridized carbons (Fsp3) is 0.158. The van der Waals surface area contributed by atoms with Crippen LogP contribution in [0.15, 0.2) is 43.4 Å². The molecule has 0 radical (unpaired) electrons. The summed E-state index contributed by atoms with van der Waals surface area (Å²) in [7, 11) is 2.76. The van der Waals surface area contributed by atoms with Crippen LogP contribution >= 0.6 is 0 Å². The summed E-state index contributed by atoms with van der Waals surface area (Å²) in [6.45, 7) is 0. The van der Waals surface area contributed by atoms with Crippen molar-refractivity contribution in [3.05, 3.63) is 54.5 Å². The highest BCUT2D eigenvalue weighted by Gasteiger charge is 2.32. The fourth-order valence-electron chi connectivity index (χ4n) is 2.98. The molecule has 0 bridgehead atoms. The van der Waals surface area contributed by atoms with Crippen LogP contribution in [0, 0.1) is 0 Å². The first kappa shape index (κ1) is 20.2. The van der Waals surface area contributed by atoms with Crippen molar-refractivity contribution in [2.45, 2.75) is 6.18 Å². The number of hydrogen-bond acceptors (Lipinski definition) is 7. The molecule has 0 aliphatic carbocycles. The maximum Gasteiger partial charge on any atom is 0.416 e. The number of carbonyl (C=O) groups is 1. The molecule has 0 saturated carbocycles. The number of ether oxygens (including phenoxy) is 1. The van der Waals surface area contributed by atoms with Gasteiger partial charge >= 0.3 is 12.1 Å². The van der Waals surface area contributed by atoms with Gasteiger partial charge in [0.05, 0.1) is 30.0 Å². The number of esters is 1. The lowest BCUT2D eigenvalue weighted by atomic mass is 10.1. The summed E-state index contributed by atoms with van der Waals surface area (Å²) < 4.78 is 47.5. The number of methoxy groups -OCH3 is 1. The van der Waals surface area contributed by atoms with E-state index < -0.39 is 17.7 Å². The van der Waals surface area contributed by atoms with E-state index in [0.717, 1.165) is 12.1 Å². The lowest BCUT2D eigenvalue weighted by molar-refractivity contribution is -0.137. The van der Waals surface area contributed by atoms with Crippen LogP contribution in [-0.2, 0) is 22.8 Å². The standard InChI is InChI=1S/C19H14F3N7O2/c1-28-16-4-12(19(20,21)22)3-13(14(16)7-26-28)17-25-10-29(27-17)8-15(18(30)31-2)11-5-23-9-24-6-11/h3-10H,1-2H3/b15-8+. The Morgan fingerprint density at radius 2 is 1.90 bits per heavy atom. The molecule has 3 heterocycles. The molecule has 0 N–H and O–H groups in total. The molecule has 4 aromatic rings. The Morgan fingerprint density at radius 3 is 2.58 bits per heavy atom. The van der Waals surface area contributed by atoms with Crippen LogP contribution in [0.5, 0.6) is 0 Å². The van der Waals surface area contributed by atoms with Crippen LogP contribution in [0.2, 0.25) is 0 Å². The molecule has 0 saturated heterocycles. The van der Waals surface area contributed by atoms with Crippen molar-refractivity contribution in [1.29, 1.82) is 0 Å². The maximum absolute atomic E-state index is 13.4. The minimum atomic E-state index is -4.55. The number of aryl methyl sites for hydroxylation is 1. The number of rotatable bonds is 4. The van der Waals surface area contributed by atoms with Gasteiger partial charge in [0.2, 0.25) is 0 Å². The number of hydrogen-bond donors (Lipinski definition) is 0. The monoisotopic (exact) mass is 429 g/mol. The first-order valence-corrected chi connectivity index (χ1v) is 8.78. The van der Waals surface area contributed by atoms with Gasteiger partial charge in [-0.1, -0.05) is 0 Å². The second-order valence-electron chi connectivity index (χ2n) is 6.43. The molecule has 12 heteroatoms. The average molecular weight is 429 g/mol. The third-order valence-corrected chi connectivity index (χ3v) is 4.48. The zero-order valence-corrected chi connectivity index (χ0v) is 16.2. The Kier molecular flexibility index (Phi) is 4.97. The van der Waals surface area contributed by atoms with Crippen molar-refractivity contribution in [3.8, 4) is 11.4 Å². The molecule has 0 aliphatic heterocycles. The summed E-state index contributed by atoms with van der Waals surface area (Å²) in [5.74, 6) is -0.630. The molecular formula is C19H14F3N7O2. The number of fused-ring (bicyclic) bond motifs is 1. The summed E-state index contributed by atoms with van der Waals surface area (Å²) >= 11 is 0. The van der Waals surface area contributed by atoms with Gasteiger partial charge in [-0.15, -0.1) is 5.10 Å². The van der Waals surface area contributed by atoms with Crippen molar-refractivity contribution >= 4 is 28.6 Å². The first-order valence-electron chi connectivity index (χ1n) is 8.78. The zero-order valence-electron chi connectivity index (χ0n) is 16.2. The molecule has 9 nitrogen and oxygen atoms in total. The number of nitrogens with zero attached hydrogens (tertiary/aromatic N) is 7. The topological polar surface area (TPSA) is 101 Å². The van der Waals surface area contributed by atoms with E-state index in [4.69, 9.17) is 4.74 Å². The molecular weight excluding hydrogens is 415 g/mol. The van der Waals surface area contributed by atoms with Crippen LogP contribution in [-0.4, -0.2) is 47.6 Å². The Morgan fingerprint density at radius 1 is 1.16 bits per heavy atom. The van der Waals surface area contributed by atoms with E-state index in [2.05, 4.69) is 25.1 Å². The minimum Gasteiger partial charge on any atom is -0.465 e. The molecule has 158 valence electrons. The van der Waals surface area contributed by atoms with E-state index in [9.17, 15) is 18.0 Å². The average Bonchev–Trinajstić information content (AvgIpc) is 3.38. The fourth-order valence-corrected chi connectivity index (χ4v) is 2.98. The molecule has 0 aliphatic rings. The number of carbonyl (C=O) groups excluding carboxylic acids is 1. The van der Waals surface area contributed by atoms with Crippen LogP contribution in [0.25, 0.3) is 34.1 Å². The largest absolute Gasteiger partial charge is 0.465 e. The van der Waals surface area contributed by atoms with E-state index in [1.54, 1.807) is 7.05 Å². The van der Waals surface area contributed by atoms with Crippen LogP contribution < -0.4 is 0 Å². The van der Waals surface area contributed by atoms with Gasteiger partial charge in [-0.3, -0.25) is 4.68 Å². The Balaban J connectivity index is 1.83. The molecule has 0 amide bonds. The van der Waals surface area contributed by atoms with Gasteiger partial charge in [0.25, 0.3) is 0 Å². The van der Waals surface area contributed by atoms with Crippen molar-refractivity contribution in [2.75, 3.05) is 7.11 Å². The van der Waals surface area contributed by atoms with E-state index in [1.165, 1.54) is 53.9 Å². The van der Waals surface area contributed by atoms with Crippen molar-refractivity contribution in [3.63, 3.8) is 0 Å². The normalized spacial score (nSPS) is 12.4. The first-order chi connectivity index (χ1) is 14.8. The van der Waals surface area contributed by atoms with E-state index >= 15 is 0 Å². The number of halogens is 3. The SMILES string of the molecule is COC(=O)/C(=C/n1cnc(-c2cc(C(F)(F)F)cc3c2cnn3C)n1)c1cncnc1. The third-order valence-electron chi connectivity index (χ3n) is 4.48. The van der Waals surface area contributed by atoms with Crippen molar-refractivity contribution in [2.24, 2.45) is 7.05 Å². The Hall–Kier alpha value is -4.09. The highest BCUT2D eigenvalue weighted by molar-refractivity contribution is 6.19. The summed E-state index contributed by atoms with van der Waals surface area (Å²) in [6, 6.07) is 1.99. The lowest BCUT2D eigenvalue weighted by Gasteiger charge is -2.09. The summed E-state index contributed by atoms with van der Waals surface area (Å²) in [4.78, 5) is 24.0. The van der Waals surface area contributed by atoms with Gasteiger partial charge in [0, 0.05) is 42.2 Å². The molecule has 3 aromatic heterocycles. The molecule has 0 unspecified atom stereocenters. The third kappa shape index (κ3) is 3.86.